The number of carboxylic acids is 1. The number of ether oxygens (including phenoxy) is 1. The van der Waals surface area contributed by atoms with Gasteiger partial charge in [-0.1, -0.05) is 37.1 Å². The van der Waals surface area contributed by atoms with Gasteiger partial charge in [0.25, 0.3) is 5.91 Å². The molecule has 3 N–H and O–H groups in total. The Bertz CT molecular complexity index is 1190. The van der Waals surface area contributed by atoms with E-state index in [1.165, 1.54) is 4.90 Å². The van der Waals surface area contributed by atoms with Gasteiger partial charge in [-0.15, -0.1) is 0 Å². The van der Waals surface area contributed by atoms with Crippen molar-refractivity contribution in [3.05, 3.63) is 63.7 Å². The van der Waals surface area contributed by atoms with Gasteiger partial charge < -0.3 is 9.84 Å². The quantitative estimate of drug-likeness (QED) is 0.235. The molecule has 0 radical (unpaired) electrons. The van der Waals surface area contributed by atoms with Gasteiger partial charge >= 0.3 is 5.97 Å². The lowest BCUT2D eigenvalue weighted by atomic mass is 9.97. The van der Waals surface area contributed by atoms with E-state index >= 15 is 0 Å². The van der Waals surface area contributed by atoms with Crippen molar-refractivity contribution in [1.82, 2.24) is 9.80 Å². The van der Waals surface area contributed by atoms with Gasteiger partial charge in [0.15, 0.2) is 5.17 Å². The van der Waals surface area contributed by atoms with Gasteiger partial charge in [0.2, 0.25) is 0 Å². The van der Waals surface area contributed by atoms with Gasteiger partial charge in [-0.05, 0) is 99.3 Å². The summed E-state index contributed by atoms with van der Waals surface area (Å²) in [7, 11) is 0. The summed E-state index contributed by atoms with van der Waals surface area (Å²) < 4.78 is 6.19. The third-order valence-corrected chi connectivity index (χ3v) is 7.96. The first kappa shape index (κ1) is 30.7. The average molecular weight is 573 g/mol. The number of halogens is 1. The fourth-order valence-corrected chi connectivity index (χ4v) is 5.55. The molecule has 10 heteroatoms. The number of piperidine rings is 1. The molecule has 0 atom stereocenters. The topological polar surface area (TPSA) is 118 Å². The van der Waals surface area contributed by atoms with Crippen LogP contribution >= 0.6 is 23.4 Å². The second-order valence-electron chi connectivity index (χ2n) is 9.89. The summed E-state index contributed by atoms with van der Waals surface area (Å²) in [4.78, 5) is 27.5. The summed E-state index contributed by atoms with van der Waals surface area (Å²) >= 11 is 7.20. The number of aliphatic carboxylic acids is 1. The highest BCUT2D eigenvalue weighted by Crippen LogP contribution is 2.29. The Balaban J connectivity index is 1.64. The predicted octanol–water partition coefficient (Wildman–Crippen LogP) is 6.07. The molecule has 1 amide bonds. The maximum absolute atomic E-state index is 13.2. The Labute approximate surface area is 239 Å². The molecule has 39 heavy (non-hydrogen) atoms. The van der Waals surface area contributed by atoms with Crippen LogP contribution in [0, 0.1) is 30.6 Å². The molecule has 210 valence electrons. The third-order valence-electron chi connectivity index (χ3n) is 6.78. The molecule has 1 aliphatic heterocycles. The highest BCUT2D eigenvalue weighted by molar-refractivity contribution is 8.26. The van der Waals surface area contributed by atoms with Gasteiger partial charge in [0.05, 0.1) is 23.7 Å². The molecule has 1 saturated heterocycles. The Kier molecular flexibility index (Phi) is 11.4. The molecule has 0 spiro atoms. The van der Waals surface area contributed by atoms with Crippen LogP contribution in [0.15, 0.2) is 36.4 Å². The second-order valence-corrected chi connectivity index (χ2v) is 11.3. The lowest BCUT2D eigenvalue weighted by Gasteiger charge is -2.30. The molecule has 8 nitrogen and oxygen atoms in total. The maximum Gasteiger partial charge on any atom is 0.317 e. The van der Waals surface area contributed by atoms with Crippen LogP contribution in [0.25, 0.3) is 0 Å². The number of unbranched alkanes of at least 4 members (excludes halogenated alkanes) is 1. The zero-order chi connectivity index (χ0) is 28.5. The van der Waals surface area contributed by atoms with E-state index in [9.17, 15) is 9.59 Å². The summed E-state index contributed by atoms with van der Waals surface area (Å²) in [6.45, 7) is 8.44. The van der Waals surface area contributed by atoms with Crippen LogP contribution in [0.1, 0.15) is 59.7 Å². The number of nitrogens with one attached hydrogen (secondary N) is 2. The summed E-state index contributed by atoms with van der Waals surface area (Å²) in [6, 6.07) is 10.6. The zero-order valence-corrected chi connectivity index (χ0v) is 24.3. The second kappa shape index (κ2) is 14.5. The van der Waals surface area contributed by atoms with Crippen LogP contribution < -0.4 is 4.74 Å². The predicted molar refractivity (Wildman–Crippen MR) is 158 cm³/mol. The lowest BCUT2D eigenvalue weighted by molar-refractivity contribution is -0.138. The number of amidine groups is 1. The summed E-state index contributed by atoms with van der Waals surface area (Å²) in [5.41, 5.74) is 2.81. The number of nitrogens with zero attached hydrogens (tertiary/aromatic N) is 2. The molecule has 0 bridgehead atoms. The van der Waals surface area contributed by atoms with Crippen molar-refractivity contribution in [2.24, 2.45) is 5.92 Å². The van der Waals surface area contributed by atoms with E-state index in [1.54, 1.807) is 24.3 Å². The van der Waals surface area contributed by atoms with Crippen molar-refractivity contribution in [2.45, 2.75) is 46.5 Å². The molecular formula is C29H37ClN4O4S. The van der Waals surface area contributed by atoms with E-state index in [4.69, 9.17) is 32.3 Å². The van der Waals surface area contributed by atoms with Crippen LogP contribution in [0.3, 0.4) is 0 Å². The number of hydrogen-bond acceptors (Lipinski definition) is 7. The van der Waals surface area contributed by atoms with Gasteiger partial charge in [-0.2, -0.15) is 0 Å². The molecule has 0 unspecified atom stereocenters. The highest BCUT2D eigenvalue weighted by atomic mass is 35.5. The van der Waals surface area contributed by atoms with E-state index in [2.05, 4.69) is 0 Å². The number of benzene rings is 2. The van der Waals surface area contributed by atoms with E-state index in [-0.39, 0.29) is 22.7 Å². The third kappa shape index (κ3) is 8.55. The summed E-state index contributed by atoms with van der Waals surface area (Å²) in [5, 5.41) is 26.8. The van der Waals surface area contributed by atoms with Gasteiger partial charge in [-0.25, -0.2) is 0 Å². The van der Waals surface area contributed by atoms with Crippen molar-refractivity contribution in [3.8, 4) is 5.75 Å². The van der Waals surface area contributed by atoms with Crippen LogP contribution in [0.5, 0.6) is 5.75 Å². The number of aryl methyl sites for hydroxylation is 2. The fraction of sp³-hybridized carbons (Fsp3) is 0.448. The van der Waals surface area contributed by atoms with Gasteiger partial charge in [-0.3, -0.25) is 30.2 Å². The molecule has 1 fully saturated rings. The minimum Gasteiger partial charge on any atom is -0.493 e. The minimum atomic E-state index is -0.796. The van der Waals surface area contributed by atoms with E-state index < -0.39 is 5.97 Å². The molecule has 1 heterocycles. The van der Waals surface area contributed by atoms with Crippen molar-refractivity contribution in [2.75, 3.05) is 32.8 Å². The molecule has 1 aliphatic rings. The molecule has 0 aliphatic carbocycles. The van der Waals surface area contributed by atoms with Crippen LogP contribution in [0.4, 0.5) is 0 Å². The molecular weight excluding hydrogens is 536 g/mol. The van der Waals surface area contributed by atoms with Crippen molar-refractivity contribution >= 4 is 45.5 Å². The van der Waals surface area contributed by atoms with Crippen LogP contribution in [0.2, 0.25) is 5.02 Å². The van der Waals surface area contributed by atoms with E-state index in [0.717, 1.165) is 67.4 Å². The van der Waals surface area contributed by atoms with E-state index in [0.29, 0.717) is 35.2 Å². The summed E-state index contributed by atoms with van der Waals surface area (Å²) in [5.74, 6) is 0.0192. The number of rotatable bonds is 10. The number of thioether (sulfide) groups is 1. The van der Waals surface area contributed by atoms with Crippen molar-refractivity contribution < 1.29 is 19.4 Å². The molecule has 2 aromatic rings. The number of hydrogen-bond donors (Lipinski definition) is 3. The Morgan fingerprint density at radius 3 is 2.38 bits per heavy atom. The molecule has 0 aromatic heterocycles. The molecule has 3 rings (SSSR count). The van der Waals surface area contributed by atoms with Gasteiger partial charge in [0.1, 0.15) is 10.8 Å². The standard InChI is InChI=1S/C29H37ClN4O4S/c1-4-5-12-34(28(37)23-8-6-7-9-24(23)30)29(32)39-27(31)22-15-19(2)26(20(3)16-22)38-18-21-10-13-33(14-11-21)17-25(35)36/h6-9,15-16,21,31-32H,4-5,10-14,17-18H2,1-3H3,(H,35,36). The SMILES string of the molecule is CCCCN(C(=N)SC(=N)c1cc(C)c(OCC2CCN(CC(=O)O)CC2)c(C)c1)C(=O)c1ccccc1Cl. The number of likely N-dealkylation sites (tertiary alicyclic amines) is 1. The number of carbonyl (C=O) groups excluding carboxylic acids is 1. The first-order valence-electron chi connectivity index (χ1n) is 13.2. The largest absolute Gasteiger partial charge is 0.493 e. The Morgan fingerprint density at radius 1 is 1.15 bits per heavy atom. The van der Waals surface area contributed by atoms with Crippen LogP contribution in [-0.4, -0.2) is 69.8 Å². The number of amides is 1. The first-order valence-corrected chi connectivity index (χ1v) is 14.4. The van der Waals surface area contributed by atoms with Gasteiger partial charge in [0, 0.05) is 12.1 Å². The average Bonchev–Trinajstić information content (AvgIpc) is 2.89. The minimum absolute atomic E-state index is 0.0109. The smallest absolute Gasteiger partial charge is 0.317 e. The summed E-state index contributed by atoms with van der Waals surface area (Å²) in [6.07, 6.45) is 3.39. The van der Waals surface area contributed by atoms with E-state index in [1.807, 2.05) is 37.8 Å². The highest BCUT2D eigenvalue weighted by Gasteiger charge is 2.25. The molecule has 0 saturated carbocycles. The van der Waals surface area contributed by atoms with Crippen molar-refractivity contribution in [1.29, 1.82) is 10.8 Å². The van der Waals surface area contributed by atoms with Crippen molar-refractivity contribution in [3.63, 3.8) is 0 Å². The first-order chi connectivity index (χ1) is 18.6. The zero-order valence-electron chi connectivity index (χ0n) is 22.8. The fourth-order valence-electron chi connectivity index (χ4n) is 4.62. The monoisotopic (exact) mass is 572 g/mol. The Morgan fingerprint density at radius 2 is 1.79 bits per heavy atom. The van der Waals surface area contributed by atoms with Crippen LogP contribution in [-0.2, 0) is 4.79 Å². The lowest BCUT2D eigenvalue weighted by Crippen LogP contribution is -2.38. The number of carboxylic acid groups (broad SMARTS) is 1. The maximum atomic E-state index is 13.2. The normalized spacial score (nSPS) is 14.2. The number of carbonyl (C=O) groups is 2. The Hall–Kier alpha value is -2.88. The molecule has 2 aromatic carbocycles.